The van der Waals surface area contributed by atoms with Gasteiger partial charge in [0.2, 0.25) is 3.57 Å². The van der Waals surface area contributed by atoms with E-state index in [1.54, 1.807) is 7.11 Å². The van der Waals surface area contributed by atoms with E-state index in [1.165, 1.54) is 7.14 Å². The molecule has 0 fully saturated rings. The number of rotatable bonds is 4. The van der Waals surface area contributed by atoms with Crippen molar-refractivity contribution in [2.45, 2.75) is 11.1 Å². The van der Waals surface area contributed by atoms with E-state index in [1.807, 2.05) is 12.1 Å². The Bertz CT molecular complexity index is 1040. The number of hydrogen-bond donors (Lipinski definition) is 0. The second-order valence-corrected chi connectivity index (χ2v) is 9.77. The van der Waals surface area contributed by atoms with Crippen LogP contribution in [0.25, 0.3) is 0 Å². The fraction of sp³-hybridized carbons (Fsp3) is 0.100. The smallest absolute Gasteiger partial charge is 0.417 e. The maximum Gasteiger partial charge on any atom is 0.417 e. The van der Waals surface area contributed by atoms with Gasteiger partial charge in [-0.3, -0.25) is 0 Å². The van der Waals surface area contributed by atoms with Gasteiger partial charge in [0, 0.05) is 0 Å². The monoisotopic (exact) mass is 536 g/mol. The van der Waals surface area contributed by atoms with Crippen molar-refractivity contribution in [2.24, 2.45) is 0 Å². The quantitative estimate of drug-likeness (QED) is 0.374. The second-order valence-electron chi connectivity index (χ2n) is 5.47. The normalized spacial score (nSPS) is 11.3. The fourth-order valence-corrected chi connectivity index (χ4v) is 5.40. The molecule has 0 bridgehead atoms. The Kier molecular flexibility index (Phi) is 8.05. The van der Waals surface area contributed by atoms with E-state index in [0.717, 1.165) is 17.9 Å². The number of benzene rings is 3. The van der Waals surface area contributed by atoms with Crippen LogP contribution < -0.4 is 25.9 Å². The Labute approximate surface area is 177 Å². The summed E-state index contributed by atoms with van der Waals surface area (Å²) in [5, 5.41) is 0. The van der Waals surface area contributed by atoms with E-state index < -0.39 is 26.8 Å². The maximum atomic E-state index is 12.2. The van der Waals surface area contributed by atoms with Gasteiger partial charge in [-0.2, -0.15) is 13.2 Å². The molecule has 0 aliphatic rings. The van der Waals surface area contributed by atoms with Gasteiger partial charge in [-0.1, -0.05) is 42.5 Å². The zero-order valence-electron chi connectivity index (χ0n) is 15.1. The van der Waals surface area contributed by atoms with Crippen LogP contribution in [-0.2, 0) is 16.3 Å². The van der Waals surface area contributed by atoms with Crippen molar-refractivity contribution < 1.29 is 52.1 Å². The van der Waals surface area contributed by atoms with Gasteiger partial charge in [-0.25, -0.2) is 8.42 Å². The molecule has 0 radical (unpaired) electrons. The number of halogens is 4. The molecule has 29 heavy (non-hydrogen) atoms. The molecule has 3 aromatic carbocycles. The average Bonchev–Trinajstić information content (AvgIpc) is 2.68. The average molecular weight is 536 g/mol. The predicted octanol–water partition coefficient (Wildman–Crippen LogP) is 1.43. The van der Waals surface area contributed by atoms with Gasteiger partial charge < -0.3 is 9.29 Å². The van der Waals surface area contributed by atoms with Gasteiger partial charge >= 0.3 is 27.4 Å². The molecule has 0 heterocycles. The van der Waals surface area contributed by atoms with Crippen LogP contribution in [0.3, 0.4) is 0 Å². The highest BCUT2D eigenvalue weighted by atomic mass is 127. The molecular weight excluding hydrogens is 520 g/mol. The Morgan fingerprint density at radius 1 is 0.862 bits per heavy atom. The number of hydrogen-bond acceptors (Lipinski definition) is 4. The molecule has 0 spiro atoms. The Morgan fingerprint density at radius 2 is 1.41 bits per heavy atom. The molecule has 4 nitrogen and oxygen atoms in total. The molecule has 3 rings (SSSR count). The van der Waals surface area contributed by atoms with Crippen LogP contribution >= 0.6 is 0 Å². The third-order valence-electron chi connectivity index (χ3n) is 3.46. The summed E-state index contributed by atoms with van der Waals surface area (Å²) in [6.07, 6.45) is -4.84. The fourth-order valence-electron chi connectivity index (χ4n) is 2.20. The number of alkyl halides is 3. The number of methoxy groups -OCH3 is 1. The first-order valence-electron chi connectivity index (χ1n) is 8.08. The van der Waals surface area contributed by atoms with E-state index in [2.05, 4.69) is 42.5 Å². The molecular formula is C20H16F3IO4S. The summed E-state index contributed by atoms with van der Waals surface area (Å²) in [5.41, 5.74) is -1.44. The minimum absolute atomic E-state index is 0.124. The van der Waals surface area contributed by atoms with E-state index in [0.29, 0.717) is 12.1 Å². The van der Waals surface area contributed by atoms with E-state index >= 15 is 0 Å². The van der Waals surface area contributed by atoms with Gasteiger partial charge in [0.05, 0.1) is 17.6 Å². The summed E-state index contributed by atoms with van der Waals surface area (Å²) in [5.74, 6) is 1.01. The highest BCUT2D eigenvalue weighted by Crippen LogP contribution is 2.33. The Balaban J connectivity index is 0.000000208. The molecule has 0 aromatic heterocycles. The van der Waals surface area contributed by atoms with Crippen LogP contribution in [0.4, 0.5) is 13.2 Å². The van der Waals surface area contributed by atoms with Crippen molar-refractivity contribution in [1.29, 1.82) is 0 Å². The topological polar surface area (TPSA) is 66.4 Å². The van der Waals surface area contributed by atoms with Crippen LogP contribution in [0.2, 0.25) is 0 Å². The van der Waals surface area contributed by atoms with Gasteiger partial charge in [-0.15, -0.1) is 0 Å². The molecule has 0 saturated heterocycles. The maximum absolute atomic E-state index is 12.2. The molecule has 0 amide bonds. The zero-order chi connectivity index (χ0) is 21.5. The summed E-state index contributed by atoms with van der Waals surface area (Å²) in [4.78, 5) is -1.24. The lowest BCUT2D eigenvalue weighted by atomic mass is 10.2. The lowest BCUT2D eigenvalue weighted by Crippen LogP contribution is -3.61. The highest BCUT2D eigenvalue weighted by molar-refractivity contribution is 7.85. The van der Waals surface area contributed by atoms with Crippen LogP contribution in [0.1, 0.15) is 5.56 Å². The second kappa shape index (κ2) is 10.1. The first-order chi connectivity index (χ1) is 13.6. The van der Waals surface area contributed by atoms with E-state index in [-0.39, 0.29) is 21.2 Å². The molecule has 154 valence electrons. The third kappa shape index (κ3) is 7.02. The molecule has 3 aromatic rings. The summed E-state index contributed by atoms with van der Waals surface area (Å²) >= 11 is -0.124. The van der Waals surface area contributed by atoms with E-state index in [9.17, 15) is 26.1 Å². The molecule has 0 unspecified atom stereocenters. The van der Waals surface area contributed by atoms with Crippen molar-refractivity contribution in [2.75, 3.05) is 7.11 Å². The van der Waals surface area contributed by atoms with Crippen LogP contribution in [0.5, 0.6) is 5.75 Å². The standard InChI is InChI=1S/C13H12IO.C7H5F3O3S/c1-15-13-10-6-5-9-12(13)14-11-7-3-2-4-8-11;8-7(9,10)5-3-1-2-4-6(5)14(11,12)13/h2-10H,1H3;1-4H,(H,11,12,13)/q+1;/p-1. The van der Waals surface area contributed by atoms with Gasteiger partial charge in [0.25, 0.3) is 0 Å². The van der Waals surface area contributed by atoms with E-state index in [4.69, 9.17) is 4.74 Å². The number of ether oxygens (including phenoxy) is 1. The van der Waals surface area contributed by atoms with Gasteiger partial charge in [-0.05, 0) is 36.4 Å². The van der Waals surface area contributed by atoms with Crippen molar-refractivity contribution in [3.8, 4) is 5.75 Å². The lowest BCUT2D eigenvalue weighted by molar-refractivity contribution is -0.598. The van der Waals surface area contributed by atoms with Crippen LogP contribution in [-0.4, -0.2) is 20.1 Å². The predicted molar refractivity (Wildman–Crippen MR) is 96.2 cm³/mol. The molecule has 0 atom stereocenters. The first kappa shape index (κ1) is 23.2. The minimum atomic E-state index is -5.09. The molecule has 9 heteroatoms. The van der Waals surface area contributed by atoms with Crippen molar-refractivity contribution in [3.63, 3.8) is 0 Å². The molecule has 0 saturated carbocycles. The Morgan fingerprint density at radius 3 is 1.97 bits per heavy atom. The lowest BCUT2D eigenvalue weighted by Gasteiger charge is -2.14. The van der Waals surface area contributed by atoms with Crippen LogP contribution in [0.15, 0.2) is 83.8 Å². The largest absolute Gasteiger partial charge is 0.744 e. The summed E-state index contributed by atoms with van der Waals surface area (Å²) in [6, 6.07) is 22.1. The van der Waals surface area contributed by atoms with Gasteiger partial charge in [0.1, 0.15) is 10.1 Å². The highest BCUT2D eigenvalue weighted by Gasteiger charge is 2.34. The Hall–Kier alpha value is -2.11. The summed E-state index contributed by atoms with van der Waals surface area (Å²) in [6.45, 7) is 0. The van der Waals surface area contributed by atoms with Crippen molar-refractivity contribution in [1.82, 2.24) is 0 Å². The first-order valence-corrected chi connectivity index (χ1v) is 11.6. The van der Waals surface area contributed by atoms with Crippen molar-refractivity contribution >= 4 is 10.1 Å². The molecule has 0 N–H and O–H groups in total. The van der Waals surface area contributed by atoms with Crippen molar-refractivity contribution in [3.05, 3.63) is 91.6 Å². The number of para-hydroxylation sites is 1. The third-order valence-corrected chi connectivity index (χ3v) is 7.17. The summed E-state index contributed by atoms with van der Waals surface area (Å²) in [7, 11) is -3.36. The SMILES string of the molecule is COc1ccccc1[I+]c1ccccc1.O=S(=O)([O-])c1ccccc1C(F)(F)F. The molecule has 0 aliphatic heterocycles. The van der Waals surface area contributed by atoms with Crippen LogP contribution in [0, 0.1) is 7.14 Å². The van der Waals surface area contributed by atoms with Gasteiger partial charge in [0.15, 0.2) is 9.32 Å². The molecule has 0 aliphatic carbocycles. The zero-order valence-corrected chi connectivity index (χ0v) is 18.0. The minimum Gasteiger partial charge on any atom is -0.744 e. The summed E-state index contributed by atoms with van der Waals surface area (Å²) < 4.78 is 76.0.